The third kappa shape index (κ3) is 5.47. The molecule has 1 aliphatic heterocycles. The van der Waals surface area contributed by atoms with Gasteiger partial charge in [-0.15, -0.1) is 0 Å². The van der Waals surface area contributed by atoms with Crippen LogP contribution in [0.2, 0.25) is 0 Å². The fraction of sp³-hybridized carbons (Fsp3) is 0.348. The lowest BCUT2D eigenvalue weighted by Gasteiger charge is -2.25. The number of piperidine rings is 1. The summed E-state index contributed by atoms with van der Waals surface area (Å²) in [4.78, 5) is 0. The van der Waals surface area contributed by atoms with Gasteiger partial charge in [-0.05, 0) is 30.9 Å². The maximum absolute atomic E-state index is 4.76. The van der Waals surface area contributed by atoms with Gasteiger partial charge in [0, 0.05) is 43.2 Å². The lowest BCUT2D eigenvalue weighted by atomic mass is 9.98. The first-order valence-corrected chi connectivity index (χ1v) is 10.6. The highest BCUT2D eigenvalue weighted by Gasteiger charge is 2.12. The van der Waals surface area contributed by atoms with E-state index in [0.29, 0.717) is 0 Å². The molecule has 0 amide bonds. The number of aryl methyl sites for hydroxylation is 1. The van der Waals surface area contributed by atoms with Crippen LogP contribution in [0.5, 0.6) is 0 Å². The zero-order chi connectivity index (χ0) is 19.1. The van der Waals surface area contributed by atoms with Gasteiger partial charge < -0.3 is 0 Å². The van der Waals surface area contributed by atoms with Crippen LogP contribution in [0.1, 0.15) is 41.5 Å². The Labute approximate surface area is 167 Å². The minimum absolute atomic E-state index is 0.978. The van der Waals surface area contributed by atoms with Crippen LogP contribution in [0, 0.1) is 6.92 Å². The molecule has 0 saturated carbocycles. The molecule has 142 valence electrons. The molecule has 0 radical (unpaired) electrons. The van der Waals surface area contributed by atoms with Crippen molar-refractivity contribution in [1.82, 2.24) is 9.31 Å². The molecule has 2 aromatic carbocycles. The Bertz CT molecular complexity index is 776. The number of benzene rings is 2. The zero-order valence-corrected chi connectivity index (χ0v) is 17.2. The van der Waals surface area contributed by atoms with Crippen molar-refractivity contribution in [2.75, 3.05) is 20.1 Å². The number of rotatable bonds is 7. The molecule has 1 heterocycles. The van der Waals surface area contributed by atoms with Crippen molar-refractivity contribution in [3.8, 4) is 0 Å². The van der Waals surface area contributed by atoms with Crippen LogP contribution in [0.4, 0.5) is 0 Å². The molecule has 0 aliphatic carbocycles. The van der Waals surface area contributed by atoms with E-state index in [1.54, 1.807) is 11.2 Å². The van der Waals surface area contributed by atoms with E-state index in [4.69, 9.17) is 5.10 Å². The van der Waals surface area contributed by atoms with Crippen molar-refractivity contribution < 1.29 is 0 Å². The topological polar surface area (TPSA) is 18.8 Å². The van der Waals surface area contributed by atoms with Gasteiger partial charge in [-0.2, -0.15) is 5.10 Å². The summed E-state index contributed by atoms with van der Waals surface area (Å²) < 4.78 is 2.51. The van der Waals surface area contributed by atoms with Gasteiger partial charge in [0.05, 0.1) is 5.71 Å². The highest BCUT2D eigenvalue weighted by molar-refractivity contribution is 7.96. The summed E-state index contributed by atoms with van der Waals surface area (Å²) in [5, 5.41) is 6.53. The number of hydrogen-bond acceptors (Lipinski definition) is 4. The van der Waals surface area contributed by atoms with Gasteiger partial charge in [-0.1, -0.05) is 73.5 Å². The van der Waals surface area contributed by atoms with E-state index in [1.807, 2.05) is 19.0 Å². The second-order valence-electron chi connectivity index (χ2n) is 6.98. The van der Waals surface area contributed by atoms with E-state index < -0.39 is 0 Å². The molecule has 1 aliphatic rings. The zero-order valence-electron chi connectivity index (χ0n) is 16.4. The summed E-state index contributed by atoms with van der Waals surface area (Å²) in [7, 11) is 1.91. The molecule has 1 fully saturated rings. The van der Waals surface area contributed by atoms with Crippen LogP contribution in [-0.4, -0.2) is 35.2 Å². The van der Waals surface area contributed by atoms with Gasteiger partial charge in [0.1, 0.15) is 0 Å². The van der Waals surface area contributed by atoms with E-state index in [0.717, 1.165) is 22.6 Å². The molecule has 4 heteroatoms. The van der Waals surface area contributed by atoms with Crippen molar-refractivity contribution in [2.24, 2.45) is 5.10 Å². The number of nitrogens with zero attached hydrogens (tertiary/aromatic N) is 3. The third-order valence-corrected chi connectivity index (χ3v) is 6.07. The Balaban J connectivity index is 1.78. The summed E-state index contributed by atoms with van der Waals surface area (Å²) >= 11 is 1.96. The van der Waals surface area contributed by atoms with Crippen LogP contribution in [-0.2, 0) is 5.75 Å². The van der Waals surface area contributed by atoms with E-state index in [1.165, 1.54) is 43.5 Å². The van der Waals surface area contributed by atoms with Crippen LogP contribution < -0.4 is 0 Å². The van der Waals surface area contributed by atoms with Gasteiger partial charge in [0.25, 0.3) is 0 Å². The lowest BCUT2D eigenvalue weighted by molar-refractivity contribution is 0.380. The second-order valence-corrected chi connectivity index (χ2v) is 8.04. The normalized spacial score (nSPS) is 15.6. The van der Waals surface area contributed by atoms with Crippen LogP contribution in [0.3, 0.4) is 0 Å². The average Bonchev–Trinajstić information content (AvgIpc) is 2.72. The molecular formula is C23H29N3S. The maximum Gasteiger partial charge on any atom is 0.0982 e. The largest absolute Gasteiger partial charge is 0.276 e. The molecular weight excluding hydrogens is 350 g/mol. The molecule has 0 N–H and O–H groups in total. The highest BCUT2D eigenvalue weighted by Crippen LogP contribution is 2.23. The first kappa shape index (κ1) is 19.7. The Morgan fingerprint density at radius 2 is 1.81 bits per heavy atom. The van der Waals surface area contributed by atoms with E-state index in [9.17, 15) is 0 Å². The SMILES string of the molecule is C=CN(C)/N=C(/c1ccc(CSN2CCCCC2)cc1)c1ccccc1C. The summed E-state index contributed by atoms with van der Waals surface area (Å²) in [5.74, 6) is 1.03. The van der Waals surface area contributed by atoms with Crippen molar-refractivity contribution in [3.63, 3.8) is 0 Å². The predicted octanol–water partition coefficient (Wildman–Crippen LogP) is 5.46. The first-order valence-electron chi connectivity index (χ1n) is 9.64. The molecule has 0 spiro atoms. The molecule has 0 bridgehead atoms. The summed E-state index contributed by atoms with van der Waals surface area (Å²) in [5.41, 5.74) is 5.84. The molecule has 0 atom stereocenters. The third-order valence-electron chi connectivity index (χ3n) is 4.88. The van der Waals surface area contributed by atoms with Crippen LogP contribution in [0.15, 0.2) is 66.4 Å². The standard InChI is InChI=1S/C23H29N3S/c1-4-25(3)24-23(22-11-7-6-10-19(22)2)21-14-12-20(13-15-21)18-27-26-16-8-5-9-17-26/h4,6-7,10-15H,1,5,8-9,16-18H2,2-3H3/b24-23-. The molecule has 3 nitrogen and oxygen atoms in total. The van der Waals surface area contributed by atoms with Crippen LogP contribution in [0.25, 0.3) is 0 Å². The van der Waals surface area contributed by atoms with Crippen molar-refractivity contribution >= 4 is 17.7 Å². The van der Waals surface area contributed by atoms with E-state index >= 15 is 0 Å². The van der Waals surface area contributed by atoms with Crippen molar-refractivity contribution in [3.05, 3.63) is 83.6 Å². The fourth-order valence-electron chi connectivity index (χ4n) is 3.22. The van der Waals surface area contributed by atoms with Gasteiger partial charge in [-0.3, -0.25) is 9.31 Å². The lowest BCUT2D eigenvalue weighted by Crippen LogP contribution is -2.23. The minimum atomic E-state index is 0.978. The average molecular weight is 380 g/mol. The molecule has 3 rings (SSSR count). The van der Waals surface area contributed by atoms with Crippen LogP contribution >= 0.6 is 11.9 Å². The van der Waals surface area contributed by atoms with E-state index in [-0.39, 0.29) is 0 Å². The Kier molecular flexibility index (Phi) is 7.13. The molecule has 0 unspecified atom stereocenters. The minimum Gasteiger partial charge on any atom is -0.276 e. The van der Waals surface area contributed by atoms with Gasteiger partial charge in [0.15, 0.2) is 0 Å². The quantitative estimate of drug-likeness (QED) is 0.362. The number of hydrogen-bond donors (Lipinski definition) is 0. The second kappa shape index (κ2) is 9.77. The van der Waals surface area contributed by atoms with Gasteiger partial charge in [0.2, 0.25) is 0 Å². The Morgan fingerprint density at radius 3 is 2.48 bits per heavy atom. The van der Waals surface area contributed by atoms with E-state index in [2.05, 4.69) is 66.3 Å². The molecule has 2 aromatic rings. The van der Waals surface area contributed by atoms with Crippen molar-refractivity contribution in [2.45, 2.75) is 31.9 Å². The predicted molar refractivity (Wildman–Crippen MR) is 118 cm³/mol. The Hall–Kier alpha value is -2.04. The summed E-state index contributed by atoms with van der Waals surface area (Å²) in [6.45, 7) is 8.39. The molecule has 1 saturated heterocycles. The van der Waals surface area contributed by atoms with Crippen molar-refractivity contribution in [1.29, 1.82) is 0 Å². The van der Waals surface area contributed by atoms with Gasteiger partial charge in [-0.25, -0.2) is 0 Å². The highest BCUT2D eigenvalue weighted by atomic mass is 32.2. The Morgan fingerprint density at radius 1 is 1.11 bits per heavy atom. The van der Waals surface area contributed by atoms with Gasteiger partial charge >= 0.3 is 0 Å². The number of hydrazone groups is 1. The molecule has 0 aromatic heterocycles. The monoisotopic (exact) mass is 379 g/mol. The molecule has 27 heavy (non-hydrogen) atoms. The first-order chi connectivity index (χ1) is 13.2. The smallest absolute Gasteiger partial charge is 0.0982 e. The summed E-state index contributed by atoms with van der Waals surface area (Å²) in [6, 6.07) is 17.2. The fourth-order valence-corrected chi connectivity index (χ4v) is 4.26. The summed E-state index contributed by atoms with van der Waals surface area (Å²) in [6.07, 6.45) is 5.77. The maximum atomic E-state index is 4.76.